The Bertz CT molecular complexity index is 1410. The third kappa shape index (κ3) is 6.83. The minimum absolute atomic E-state index is 0.0402. The summed E-state index contributed by atoms with van der Waals surface area (Å²) in [4.78, 5) is 15.7. The Balaban J connectivity index is 1.44. The number of carbonyl (C=O) groups excluding carboxylic acids is 1. The van der Waals surface area contributed by atoms with E-state index in [4.69, 9.17) is 4.74 Å². The minimum atomic E-state index is -0.0402. The maximum atomic E-state index is 13.4. The number of nitrogens with one attached hydrogen (secondary N) is 1. The lowest BCUT2D eigenvalue weighted by molar-refractivity contribution is -0.121. The molecule has 0 saturated carbocycles. The largest absolute Gasteiger partial charge is 0.379 e. The van der Waals surface area contributed by atoms with Crippen LogP contribution in [0.2, 0.25) is 0 Å². The molecular formula is C35H43N3O2. The highest BCUT2D eigenvalue weighted by molar-refractivity contribution is 5.86. The van der Waals surface area contributed by atoms with Gasteiger partial charge in [-0.1, -0.05) is 93.1 Å². The zero-order valence-corrected chi connectivity index (χ0v) is 24.5. The third-order valence-electron chi connectivity index (χ3n) is 8.09. The van der Waals surface area contributed by atoms with Crippen molar-refractivity contribution in [1.82, 2.24) is 14.8 Å². The van der Waals surface area contributed by atoms with Crippen molar-refractivity contribution < 1.29 is 9.53 Å². The Morgan fingerprint density at radius 1 is 0.950 bits per heavy atom. The van der Waals surface area contributed by atoms with Crippen LogP contribution in [0.1, 0.15) is 60.9 Å². The molecule has 4 aromatic rings. The molecule has 1 amide bonds. The second kappa shape index (κ2) is 12.4. The van der Waals surface area contributed by atoms with Crippen LogP contribution in [-0.2, 0) is 21.5 Å². The van der Waals surface area contributed by atoms with Crippen LogP contribution >= 0.6 is 0 Å². The van der Waals surface area contributed by atoms with Gasteiger partial charge in [-0.15, -0.1) is 0 Å². The maximum absolute atomic E-state index is 13.4. The molecule has 5 nitrogen and oxygen atoms in total. The number of morpholine rings is 1. The van der Waals surface area contributed by atoms with Crippen LogP contribution in [0.4, 0.5) is 0 Å². The van der Waals surface area contributed by atoms with Gasteiger partial charge >= 0.3 is 0 Å². The summed E-state index contributed by atoms with van der Waals surface area (Å²) in [5.41, 5.74) is 7.48. The van der Waals surface area contributed by atoms with Crippen molar-refractivity contribution >= 4 is 16.8 Å². The monoisotopic (exact) mass is 537 g/mol. The lowest BCUT2D eigenvalue weighted by atomic mass is 9.83. The van der Waals surface area contributed by atoms with Gasteiger partial charge in [0.2, 0.25) is 5.91 Å². The molecule has 1 aromatic heterocycles. The number of fused-ring (bicyclic) bond motifs is 1. The van der Waals surface area contributed by atoms with Gasteiger partial charge in [-0.25, -0.2) is 0 Å². The number of rotatable bonds is 9. The molecule has 1 aliphatic heterocycles. The summed E-state index contributed by atoms with van der Waals surface area (Å²) in [5.74, 6) is 0.0510. The van der Waals surface area contributed by atoms with Gasteiger partial charge < -0.3 is 14.6 Å². The molecule has 1 unspecified atom stereocenters. The summed E-state index contributed by atoms with van der Waals surface area (Å²) < 4.78 is 7.79. The molecule has 5 heteroatoms. The van der Waals surface area contributed by atoms with Crippen molar-refractivity contribution in [2.45, 2.75) is 52.0 Å². The molecule has 40 heavy (non-hydrogen) atoms. The normalized spacial score (nSPS) is 15.3. The topological polar surface area (TPSA) is 46.5 Å². The number of aryl methyl sites for hydroxylation is 1. The molecule has 5 rings (SSSR count). The fourth-order valence-corrected chi connectivity index (χ4v) is 5.63. The Hall–Kier alpha value is -3.41. The van der Waals surface area contributed by atoms with Gasteiger partial charge in [0.15, 0.2) is 0 Å². The predicted octanol–water partition coefficient (Wildman–Crippen LogP) is 6.27. The van der Waals surface area contributed by atoms with Crippen molar-refractivity contribution in [3.05, 3.63) is 107 Å². The van der Waals surface area contributed by atoms with E-state index in [1.165, 1.54) is 38.7 Å². The van der Waals surface area contributed by atoms with Gasteiger partial charge in [0, 0.05) is 62.2 Å². The molecule has 0 radical (unpaired) electrons. The average molecular weight is 538 g/mol. The number of hydrogen-bond acceptors (Lipinski definition) is 3. The van der Waals surface area contributed by atoms with Crippen LogP contribution in [-0.4, -0.2) is 54.8 Å². The fraction of sp³-hybridized carbons (Fsp3) is 0.400. The minimum Gasteiger partial charge on any atom is -0.379 e. The number of carbonyl (C=O) groups is 1. The SMILES string of the molecule is Cc1ccc(Cn2cc(C(CC(=O)NCCN3CCOCC3)c3ccc(C(C)(C)C)cc3)c3ccccc32)cc1. The smallest absolute Gasteiger partial charge is 0.220 e. The van der Waals surface area contributed by atoms with Crippen molar-refractivity contribution in [2.24, 2.45) is 0 Å². The number of benzene rings is 3. The summed E-state index contributed by atoms with van der Waals surface area (Å²) in [6.45, 7) is 14.5. The van der Waals surface area contributed by atoms with E-state index in [0.717, 1.165) is 39.4 Å². The number of hydrogen-bond donors (Lipinski definition) is 1. The highest BCUT2D eigenvalue weighted by atomic mass is 16.5. The molecule has 1 saturated heterocycles. The molecule has 3 aromatic carbocycles. The first-order chi connectivity index (χ1) is 19.3. The first kappa shape index (κ1) is 28.1. The van der Waals surface area contributed by atoms with Gasteiger partial charge in [-0.3, -0.25) is 9.69 Å². The zero-order chi connectivity index (χ0) is 28.1. The Morgan fingerprint density at radius 2 is 1.65 bits per heavy atom. The van der Waals surface area contributed by atoms with E-state index >= 15 is 0 Å². The third-order valence-corrected chi connectivity index (χ3v) is 8.09. The second-order valence-electron chi connectivity index (χ2n) is 12.1. The molecule has 1 fully saturated rings. The molecular weight excluding hydrogens is 494 g/mol. The molecule has 0 aliphatic carbocycles. The Kier molecular flexibility index (Phi) is 8.72. The quantitative estimate of drug-likeness (QED) is 0.274. The molecule has 1 atom stereocenters. The molecule has 1 aliphatic rings. The van der Waals surface area contributed by atoms with Crippen LogP contribution in [0.15, 0.2) is 79.0 Å². The first-order valence-corrected chi connectivity index (χ1v) is 14.6. The van der Waals surface area contributed by atoms with Crippen molar-refractivity contribution in [3.8, 4) is 0 Å². The zero-order valence-electron chi connectivity index (χ0n) is 24.5. The van der Waals surface area contributed by atoms with Crippen LogP contribution in [0, 0.1) is 6.92 Å². The number of amides is 1. The van der Waals surface area contributed by atoms with Gasteiger partial charge in [0.1, 0.15) is 0 Å². The molecule has 0 spiro atoms. The van der Waals surface area contributed by atoms with E-state index < -0.39 is 0 Å². The number of aromatic nitrogens is 1. The molecule has 2 heterocycles. The highest BCUT2D eigenvalue weighted by Crippen LogP contribution is 2.36. The average Bonchev–Trinajstić information content (AvgIpc) is 3.31. The number of para-hydroxylation sites is 1. The van der Waals surface area contributed by atoms with Crippen molar-refractivity contribution in [2.75, 3.05) is 39.4 Å². The number of ether oxygens (including phenoxy) is 1. The molecule has 0 bridgehead atoms. The summed E-state index contributed by atoms with van der Waals surface area (Å²) in [5, 5.41) is 4.42. The summed E-state index contributed by atoms with van der Waals surface area (Å²) in [6.07, 6.45) is 2.68. The Morgan fingerprint density at radius 3 is 2.35 bits per heavy atom. The second-order valence-corrected chi connectivity index (χ2v) is 12.1. The van der Waals surface area contributed by atoms with Gasteiger partial charge in [0.05, 0.1) is 13.2 Å². The fourth-order valence-electron chi connectivity index (χ4n) is 5.63. The molecule has 1 N–H and O–H groups in total. The van der Waals surface area contributed by atoms with Crippen LogP contribution < -0.4 is 5.32 Å². The van der Waals surface area contributed by atoms with Crippen molar-refractivity contribution in [1.29, 1.82) is 0 Å². The summed E-state index contributed by atoms with van der Waals surface area (Å²) >= 11 is 0. The first-order valence-electron chi connectivity index (χ1n) is 14.6. The summed E-state index contributed by atoms with van der Waals surface area (Å²) in [6, 6.07) is 26.2. The van der Waals surface area contributed by atoms with Gasteiger partial charge in [0.25, 0.3) is 0 Å². The van der Waals surface area contributed by atoms with E-state index in [1.807, 2.05) is 0 Å². The van der Waals surface area contributed by atoms with E-state index in [9.17, 15) is 4.79 Å². The predicted molar refractivity (Wildman–Crippen MR) is 164 cm³/mol. The van der Waals surface area contributed by atoms with E-state index in [2.05, 4.69) is 121 Å². The van der Waals surface area contributed by atoms with Gasteiger partial charge in [-0.05, 0) is 40.7 Å². The van der Waals surface area contributed by atoms with E-state index in [1.54, 1.807) is 0 Å². The maximum Gasteiger partial charge on any atom is 0.220 e. The van der Waals surface area contributed by atoms with Crippen LogP contribution in [0.3, 0.4) is 0 Å². The van der Waals surface area contributed by atoms with Crippen LogP contribution in [0.5, 0.6) is 0 Å². The lowest BCUT2D eigenvalue weighted by Crippen LogP contribution is -2.41. The van der Waals surface area contributed by atoms with Gasteiger partial charge in [-0.2, -0.15) is 0 Å². The standard InChI is InChI=1S/C35H43N3O2/c1-26-9-11-27(12-10-26)24-38-25-32(30-7-5-6-8-33(30)38)31(28-13-15-29(16-14-28)35(2,3)4)23-34(39)36-17-18-37-19-21-40-22-20-37/h5-16,25,31H,17-24H2,1-4H3,(H,36,39). The van der Waals surface area contributed by atoms with Crippen molar-refractivity contribution in [3.63, 3.8) is 0 Å². The highest BCUT2D eigenvalue weighted by Gasteiger charge is 2.24. The lowest BCUT2D eigenvalue weighted by Gasteiger charge is -2.26. The Labute approximate surface area is 239 Å². The summed E-state index contributed by atoms with van der Waals surface area (Å²) in [7, 11) is 0. The molecule has 210 valence electrons. The van der Waals surface area contributed by atoms with E-state index in [-0.39, 0.29) is 17.2 Å². The van der Waals surface area contributed by atoms with E-state index in [0.29, 0.717) is 13.0 Å². The number of nitrogens with zero attached hydrogens (tertiary/aromatic N) is 2. The van der Waals surface area contributed by atoms with Crippen LogP contribution in [0.25, 0.3) is 10.9 Å².